The summed E-state index contributed by atoms with van der Waals surface area (Å²) in [4.78, 5) is 12.0. The molecule has 0 heterocycles. The van der Waals surface area contributed by atoms with Crippen molar-refractivity contribution in [3.05, 3.63) is 34.9 Å². The standard InChI is InChI=1S/C15H22O/c1-5-6-13(4)15(16)10-14-9-11(2)7-8-12(14)3/h7-9,13H,5-6,10H2,1-4H3. The SMILES string of the molecule is CCCC(C)C(=O)Cc1cc(C)ccc1C. The molecule has 1 unspecified atom stereocenters. The molecule has 0 saturated carbocycles. The summed E-state index contributed by atoms with van der Waals surface area (Å²) < 4.78 is 0. The van der Waals surface area contributed by atoms with Crippen LogP contribution in [0.5, 0.6) is 0 Å². The van der Waals surface area contributed by atoms with Crippen LogP contribution in [0.25, 0.3) is 0 Å². The average molecular weight is 218 g/mol. The summed E-state index contributed by atoms with van der Waals surface area (Å²) in [5.74, 6) is 0.570. The monoisotopic (exact) mass is 218 g/mol. The number of hydrogen-bond donors (Lipinski definition) is 0. The molecule has 1 rings (SSSR count). The summed E-state index contributed by atoms with van der Waals surface area (Å²) in [6.07, 6.45) is 2.68. The van der Waals surface area contributed by atoms with E-state index in [9.17, 15) is 4.79 Å². The van der Waals surface area contributed by atoms with Crippen LogP contribution < -0.4 is 0 Å². The number of benzene rings is 1. The molecule has 0 aliphatic heterocycles. The van der Waals surface area contributed by atoms with Crippen LogP contribution in [0.2, 0.25) is 0 Å². The van der Waals surface area contributed by atoms with Crippen LogP contribution >= 0.6 is 0 Å². The Hall–Kier alpha value is -1.11. The van der Waals surface area contributed by atoms with E-state index in [1.54, 1.807) is 0 Å². The van der Waals surface area contributed by atoms with Crippen LogP contribution in [0, 0.1) is 19.8 Å². The van der Waals surface area contributed by atoms with Crippen molar-refractivity contribution in [2.45, 2.75) is 47.0 Å². The van der Waals surface area contributed by atoms with Gasteiger partial charge in [-0.25, -0.2) is 0 Å². The summed E-state index contributed by atoms with van der Waals surface area (Å²) in [5.41, 5.74) is 3.65. The van der Waals surface area contributed by atoms with Gasteiger partial charge in [-0.3, -0.25) is 4.79 Å². The Bertz CT molecular complexity index is 366. The van der Waals surface area contributed by atoms with Crippen LogP contribution in [0.15, 0.2) is 18.2 Å². The van der Waals surface area contributed by atoms with E-state index in [0.717, 1.165) is 12.8 Å². The van der Waals surface area contributed by atoms with Crippen molar-refractivity contribution < 1.29 is 4.79 Å². The van der Waals surface area contributed by atoms with Crippen LogP contribution in [0.4, 0.5) is 0 Å². The maximum atomic E-state index is 12.0. The van der Waals surface area contributed by atoms with E-state index in [1.807, 2.05) is 6.92 Å². The lowest BCUT2D eigenvalue weighted by atomic mass is 9.93. The Morgan fingerprint density at radius 2 is 2.00 bits per heavy atom. The molecule has 1 aromatic carbocycles. The second-order valence-corrected chi connectivity index (χ2v) is 4.76. The van der Waals surface area contributed by atoms with Gasteiger partial charge < -0.3 is 0 Å². The molecular formula is C15H22O. The second kappa shape index (κ2) is 5.83. The molecule has 0 bridgehead atoms. The molecule has 0 fully saturated rings. The number of Topliss-reactive ketones (excluding diaryl/α,β-unsaturated/α-hetero) is 1. The fourth-order valence-electron chi connectivity index (χ4n) is 1.95. The summed E-state index contributed by atoms with van der Waals surface area (Å²) in [6, 6.07) is 6.33. The fourth-order valence-corrected chi connectivity index (χ4v) is 1.95. The van der Waals surface area contributed by atoms with Gasteiger partial charge in [-0.1, -0.05) is 44.0 Å². The maximum absolute atomic E-state index is 12.0. The van der Waals surface area contributed by atoms with E-state index < -0.39 is 0 Å². The summed E-state index contributed by atoms with van der Waals surface area (Å²) in [5, 5.41) is 0. The largest absolute Gasteiger partial charge is 0.299 e. The first-order valence-corrected chi connectivity index (χ1v) is 6.13. The number of hydrogen-bond acceptors (Lipinski definition) is 1. The Labute approximate surface area is 98.9 Å². The molecule has 0 radical (unpaired) electrons. The minimum atomic E-state index is 0.199. The summed E-state index contributed by atoms with van der Waals surface area (Å²) in [7, 11) is 0. The topological polar surface area (TPSA) is 17.1 Å². The Kier molecular flexibility index (Phi) is 4.72. The molecule has 0 saturated heterocycles. The van der Waals surface area contributed by atoms with Gasteiger partial charge in [0, 0.05) is 12.3 Å². The highest BCUT2D eigenvalue weighted by Crippen LogP contribution is 2.15. The normalized spacial score (nSPS) is 12.5. The van der Waals surface area contributed by atoms with Gasteiger partial charge in [-0.2, -0.15) is 0 Å². The van der Waals surface area contributed by atoms with Crippen LogP contribution in [-0.2, 0) is 11.2 Å². The van der Waals surface area contributed by atoms with Gasteiger partial charge in [0.15, 0.2) is 0 Å². The van der Waals surface area contributed by atoms with Crippen molar-refractivity contribution in [1.29, 1.82) is 0 Å². The third-order valence-electron chi connectivity index (χ3n) is 3.14. The summed E-state index contributed by atoms with van der Waals surface area (Å²) >= 11 is 0. The molecule has 0 N–H and O–H groups in total. The van der Waals surface area contributed by atoms with Gasteiger partial charge >= 0.3 is 0 Å². The minimum absolute atomic E-state index is 0.199. The first-order valence-electron chi connectivity index (χ1n) is 6.13. The van der Waals surface area contributed by atoms with Crippen molar-refractivity contribution in [2.24, 2.45) is 5.92 Å². The molecule has 0 aliphatic carbocycles. The van der Waals surface area contributed by atoms with Crippen molar-refractivity contribution in [1.82, 2.24) is 0 Å². The van der Waals surface area contributed by atoms with Gasteiger partial charge in [-0.15, -0.1) is 0 Å². The van der Waals surface area contributed by atoms with Crippen LogP contribution in [0.3, 0.4) is 0 Å². The summed E-state index contributed by atoms with van der Waals surface area (Å²) in [6.45, 7) is 8.31. The Morgan fingerprint density at radius 3 is 2.62 bits per heavy atom. The third kappa shape index (κ3) is 3.48. The highest BCUT2D eigenvalue weighted by molar-refractivity contribution is 5.83. The number of rotatable bonds is 5. The van der Waals surface area contributed by atoms with Gasteiger partial charge in [0.25, 0.3) is 0 Å². The molecule has 16 heavy (non-hydrogen) atoms. The molecule has 0 aliphatic rings. The lowest BCUT2D eigenvalue weighted by Gasteiger charge is -2.11. The highest BCUT2D eigenvalue weighted by atomic mass is 16.1. The molecule has 1 atom stereocenters. The van der Waals surface area contributed by atoms with E-state index in [1.165, 1.54) is 16.7 Å². The predicted octanol–water partition coefficient (Wildman–Crippen LogP) is 3.85. The fraction of sp³-hybridized carbons (Fsp3) is 0.533. The number of carbonyl (C=O) groups excluding carboxylic acids is 1. The molecular weight excluding hydrogens is 196 g/mol. The van der Waals surface area contributed by atoms with Crippen LogP contribution in [-0.4, -0.2) is 5.78 Å². The minimum Gasteiger partial charge on any atom is -0.299 e. The molecule has 0 aromatic heterocycles. The van der Waals surface area contributed by atoms with Gasteiger partial charge in [-0.05, 0) is 31.4 Å². The maximum Gasteiger partial charge on any atom is 0.140 e. The van der Waals surface area contributed by atoms with Crippen molar-refractivity contribution in [3.8, 4) is 0 Å². The first-order chi connectivity index (χ1) is 7.54. The Morgan fingerprint density at radius 1 is 1.31 bits per heavy atom. The van der Waals surface area contributed by atoms with Gasteiger partial charge in [0.05, 0.1) is 0 Å². The molecule has 1 nitrogen and oxygen atoms in total. The zero-order chi connectivity index (χ0) is 12.1. The zero-order valence-electron chi connectivity index (χ0n) is 10.8. The van der Waals surface area contributed by atoms with Crippen molar-refractivity contribution >= 4 is 5.78 Å². The molecule has 0 spiro atoms. The zero-order valence-corrected chi connectivity index (χ0v) is 10.8. The molecule has 1 aromatic rings. The molecule has 1 heteroatoms. The number of aryl methyl sites for hydroxylation is 2. The van der Waals surface area contributed by atoms with Gasteiger partial charge in [0.1, 0.15) is 5.78 Å². The van der Waals surface area contributed by atoms with E-state index in [-0.39, 0.29) is 5.92 Å². The van der Waals surface area contributed by atoms with Crippen LogP contribution in [0.1, 0.15) is 43.4 Å². The van der Waals surface area contributed by atoms with E-state index >= 15 is 0 Å². The quantitative estimate of drug-likeness (QED) is 0.733. The smallest absolute Gasteiger partial charge is 0.140 e. The van der Waals surface area contributed by atoms with Gasteiger partial charge in [0.2, 0.25) is 0 Å². The third-order valence-corrected chi connectivity index (χ3v) is 3.14. The van der Waals surface area contributed by atoms with Crippen molar-refractivity contribution in [3.63, 3.8) is 0 Å². The second-order valence-electron chi connectivity index (χ2n) is 4.76. The molecule has 88 valence electrons. The number of ketones is 1. The van der Waals surface area contributed by atoms with E-state index in [0.29, 0.717) is 12.2 Å². The molecule has 0 amide bonds. The lowest BCUT2D eigenvalue weighted by molar-refractivity contribution is -0.121. The predicted molar refractivity (Wildman–Crippen MR) is 68.7 cm³/mol. The van der Waals surface area contributed by atoms with E-state index in [2.05, 4.69) is 39.0 Å². The van der Waals surface area contributed by atoms with E-state index in [4.69, 9.17) is 0 Å². The highest BCUT2D eigenvalue weighted by Gasteiger charge is 2.13. The average Bonchev–Trinajstić information content (AvgIpc) is 2.23. The number of carbonyl (C=O) groups is 1. The van der Waals surface area contributed by atoms with Crippen molar-refractivity contribution in [2.75, 3.05) is 0 Å². The lowest BCUT2D eigenvalue weighted by Crippen LogP contribution is -2.14. The Balaban J connectivity index is 2.72. The first kappa shape index (κ1) is 13.0.